The molecule has 1 aromatic carbocycles. The fourth-order valence-corrected chi connectivity index (χ4v) is 7.08. The Morgan fingerprint density at radius 3 is 2.62 bits per heavy atom. The van der Waals surface area contributed by atoms with Crippen LogP contribution in [0.4, 0.5) is 23.1 Å². The van der Waals surface area contributed by atoms with Crippen LogP contribution in [0.2, 0.25) is 0 Å². The third kappa shape index (κ3) is 4.48. The van der Waals surface area contributed by atoms with E-state index in [2.05, 4.69) is 46.3 Å². The quantitative estimate of drug-likeness (QED) is 0.584. The van der Waals surface area contributed by atoms with Crippen molar-refractivity contribution < 1.29 is 14.3 Å². The fraction of sp³-hybridized carbons (Fsp3) is 0.586. The molecule has 0 bridgehead atoms. The molecule has 10 heteroatoms. The summed E-state index contributed by atoms with van der Waals surface area (Å²) in [5, 5.41) is 6.64. The minimum Gasteiger partial charge on any atom is -0.491 e. The molecule has 0 spiro atoms. The van der Waals surface area contributed by atoms with Crippen LogP contribution in [0.1, 0.15) is 56.0 Å². The lowest BCUT2D eigenvalue weighted by Gasteiger charge is -2.42. The van der Waals surface area contributed by atoms with Crippen LogP contribution in [0.5, 0.6) is 5.75 Å². The number of aromatic nitrogens is 2. The smallest absolute Gasteiger partial charge is 0.251 e. The molecule has 2 aromatic rings. The summed E-state index contributed by atoms with van der Waals surface area (Å²) in [5.74, 6) is 3.26. The van der Waals surface area contributed by atoms with Crippen molar-refractivity contribution >= 4 is 35.0 Å². The molecule has 3 aliphatic heterocycles. The van der Waals surface area contributed by atoms with Gasteiger partial charge in [-0.15, -0.1) is 0 Å². The van der Waals surface area contributed by atoms with Crippen molar-refractivity contribution in [2.24, 2.45) is 11.8 Å². The van der Waals surface area contributed by atoms with Gasteiger partial charge in [0, 0.05) is 49.8 Å². The maximum absolute atomic E-state index is 13.3. The van der Waals surface area contributed by atoms with Gasteiger partial charge < -0.3 is 30.1 Å². The molecule has 208 valence electrons. The number of benzene rings is 1. The van der Waals surface area contributed by atoms with E-state index in [1.165, 1.54) is 0 Å². The van der Waals surface area contributed by atoms with Crippen LogP contribution in [-0.4, -0.2) is 78.6 Å². The number of anilines is 4. The number of hydrogen-bond donors (Lipinski definition) is 2. The molecular weight excluding hydrogens is 494 g/mol. The van der Waals surface area contributed by atoms with Crippen LogP contribution in [0.25, 0.3) is 0 Å². The Kier molecular flexibility index (Phi) is 6.61. The van der Waals surface area contributed by atoms with Crippen molar-refractivity contribution in [3.8, 4) is 5.75 Å². The third-order valence-electron chi connectivity index (χ3n) is 8.87. The van der Waals surface area contributed by atoms with Crippen LogP contribution >= 0.6 is 0 Å². The van der Waals surface area contributed by atoms with Crippen molar-refractivity contribution in [1.29, 1.82) is 0 Å². The Morgan fingerprint density at radius 1 is 1.18 bits per heavy atom. The number of nitrogens with one attached hydrogen (secondary N) is 2. The molecular formula is C29H39N7O3. The van der Waals surface area contributed by atoms with Gasteiger partial charge in [-0.2, -0.15) is 4.98 Å². The van der Waals surface area contributed by atoms with Gasteiger partial charge in [0.1, 0.15) is 17.5 Å². The number of likely N-dealkylation sites (tertiary alicyclic amines) is 1. The summed E-state index contributed by atoms with van der Waals surface area (Å²) in [7, 11) is 3.96. The number of carbonyl (C=O) groups is 2. The first-order chi connectivity index (χ1) is 18.7. The summed E-state index contributed by atoms with van der Waals surface area (Å²) in [6.07, 6.45) is 5.19. The second-order valence-electron chi connectivity index (χ2n) is 11.8. The first-order valence-electron chi connectivity index (χ1n) is 14.2. The lowest BCUT2D eigenvalue weighted by molar-refractivity contribution is -0.120. The fourth-order valence-electron chi connectivity index (χ4n) is 7.08. The normalized spacial score (nSPS) is 25.9. The summed E-state index contributed by atoms with van der Waals surface area (Å²) < 4.78 is 6.01. The number of carbonyl (C=O) groups excluding carboxylic acids is 2. The topological polar surface area (TPSA) is 103 Å². The Morgan fingerprint density at radius 2 is 1.92 bits per heavy atom. The Hall–Kier alpha value is -3.40. The second-order valence-corrected chi connectivity index (χ2v) is 11.8. The number of nitrogens with zero attached hydrogens (tertiary/aromatic N) is 5. The lowest BCUT2D eigenvalue weighted by Crippen LogP contribution is -2.54. The van der Waals surface area contributed by atoms with Crippen LogP contribution in [-0.2, 0) is 11.2 Å². The molecule has 1 aliphatic carbocycles. The van der Waals surface area contributed by atoms with E-state index >= 15 is 0 Å². The van der Waals surface area contributed by atoms with Crippen molar-refractivity contribution in [1.82, 2.24) is 20.2 Å². The standard InChI is InChI=1S/C29H39N7O3/c1-6-23-28(38)35(5)24-13-30-29(33-26(24)36(23)16(2)3)32-22-8-7-21(20-9-10-39-25(20)22)27(37)31-19-11-17-14-34(4)15-18(17)12-19/h7-8,13,16-19,23H,6,9-12,14-15H2,1-5H3,(H,31,37)(H,30,32,33)/t17-,18+,19?,23-/m1/s1. The van der Waals surface area contributed by atoms with Crippen molar-refractivity contribution in [3.05, 3.63) is 29.5 Å². The van der Waals surface area contributed by atoms with Crippen LogP contribution in [0, 0.1) is 11.8 Å². The highest BCUT2D eigenvalue weighted by molar-refractivity contribution is 6.04. The molecule has 6 rings (SSSR count). The molecule has 1 unspecified atom stereocenters. The molecule has 10 nitrogen and oxygen atoms in total. The highest BCUT2D eigenvalue weighted by atomic mass is 16.5. The van der Waals surface area contributed by atoms with Gasteiger partial charge in [0.2, 0.25) is 11.9 Å². The van der Waals surface area contributed by atoms with Crippen LogP contribution in [0.15, 0.2) is 18.3 Å². The largest absolute Gasteiger partial charge is 0.491 e. The van der Waals surface area contributed by atoms with Crippen LogP contribution in [0.3, 0.4) is 0 Å². The minimum atomic E-state index is -0.268. The number of likely N-dealkylation sites (N-methyl/N-ethyl adjacent to an activating group) is 1. The van der Waals surface area contributed by atoms with E-state index in [4.69, 9.17) is 9.72 Å². The van der Waals surface area contributed by atoms with E-state index in [-0.39, 0.29) is 29.9 Å². The number of rotatable bonds is 6. The number of ether oxygens (including phenoxy) is 1. The van der Waals surface area contributed by atoms with E-state index in [1.807, 2.05) is 19.1 Å². The van der Waals surface area contributed by atoms with E-state index in [9.17, 15) is 9.59 Å². The van der Waals surface area contributed by atoms with Gasteiger partial charge in [-0.05, 0) is 64.1 Å². The average Bonchev–Trinajstić information content (AvgIpc) is 3.61. The molecule has 4 heterocycles. The van der Waals surface area contributed by atoms with E-state index in [1.54, 1.807) is 18.1 Å². The summed E-state index contributed by atoms with van der Waals surface area (Å²) in [5.41, 5.74) is 3.04. The molecule has 1 saturated carbocycles. The summed E-state index contributed by atoms with van der Waals surface area (Å²) in [4.78, 5) is 41.8. The minimum absolute atomic E-state index is 0.0162. The average molecular weight is 534 g/mol. The van der Waals surface area contributed by atoms with Gasteiger partial charge in [-0.3, -0.25) is 9.59 Å². The van der Waals surface area contributed by atoms with E-state index in [0.717, 1.165) is 43.0 Å². The van der Waals surface area contributed by atoms with Gasteiger partial charge in [-0.25, -0.2) is 4.98 Å². The van der Waals surface area contributed by atoms with Gasteiger partial charge in [0.15, 0.2) is 5.82 Å². The predicted octanol–water partition coefficient (Wildman–Crippen LogP) is 3.19. The zero-order chi connectivity index (χ0) is 27.4. The number of hydrogen-bond acceptors (Lipinski definition) is 8. The van der Waals surface area contributed by atoms with Crippen molar-refractivity contribution in [2.75, 3.05) is 48.9 Å². The summed E-state index contributed by atoms with van der Waals surface area (Å²) >= 11 is 0. The van der Waals surface area contributed by atoms with Gasteiger partial charge in [0.05, 0.1) is 18.5 Å². The molecule has 0 radical (unpaired) electrons. The Labute approximate surface area is 230 Å². The molecule has 4 atom stereocenters. The van der Waals surface area contributed by atoms with E-state index in [0.29, 0.717) is 54.2 Å². The van der Waals surface area contributed by atoms with Gasteiger partial charge in [0.25, 0.3) is 5.91 Å². The van der Waals surface area contributed by atoms with E-state index < -0.39 is 0 Å². The molecule has 2 N–H and O–H groups in total. The third-order valence-corrected chi connectivity index (χ3v) is 8.87. The highest BCUT2D eigenvalue weighted by Gasteiger charge is 2.41. The molecule has 1 saturated heterocycles. The second kappa shape index (κ2) is 9.97. The molecule has 39 heavy (non-hydrogen) atoms. The SMILES string of the molecule is CC[C@@H]1C(=O)N(C)c2cnc(Nc3ccc(C(=O)NC4C[C@@H]5CN(C)C[C@@H]5C4)c4c3OCC4)nc2N1C(C)C. The van der Waals surface area contributed by atoms with Crippen molar-refractivity contribution in [3.63, 3.8) is 0 Å². The summed E-state index contributed by atoms with van der Waals surface area (Å²) in [6.45, 7) is 8.96. The molecule has 2 fully saturated rings. The monoisotopic (exact) mass is 533 g/mol. The highest BCUT2D eigenvalue weighted by Crippen LogP contribution is 2.41. The first-order valence-corrected chi connectivity index (χ1v) is 14.2. The predicted molar refractivity (Wildman–Crippen MR) is 151 cm³/mol. The number of fused-ring (bicyclic) bond motifs is 3. The molecule has 2 amide bonds. The van der Waals surface area contributed by atoms with Gasteiger partial charge in [-0.1, -0.05) is 6.92 Å². The molecule has 4 aliphatic rings. The Bertz CT molecular complexity index is 1280. The van der Waals surface area contributed by atoms with Crippen LogP contribution < -0.4 is 25.2 Å². The summed E-state index contributed by atoms with van der Waals surface area (Å²) in [6, 6.07) is 3.83. The lowest BCUT2D eigenvalue weighted by atomic mass is 10.0. The van der Waals surface area contributed by atoms with Crippen molar-refractivity contribution in [2.45, 2.75) is 64.6 Å². The van der Waals surface area contributed by atoms with Gasteiger partial charge >= 0.3 is 0 Å². The Balaban J connectivity index is 1.23. The zero-order valence-electron chi connectivity index (χ0n) is 23.5. The molecule has 1 aromatic heterocycles. The maximum atomic E-state index is 13.3. The maximum Gasteiger partial charge on any atom is 0.251 e. The zero-order valence-corrected chi connectivity index (χ0v) is 23.5. The first kappa shape index (κ1) is 25.9. The number of amides is 2.